The molecule has 7 heteroatoms. The van der Waals surface area contributed by atoms with Gasteiger partial charge in [0.15, 0.2) is 0 Å². The van der Waals surface area contributed by atoms with Gasteiger partial charge in [0.1, 0.15) is 10.1 Å². The number of carbonyl (C=O) groups excluding carboxylic acids is 1. The van der Waals surface area contributed by atoms with Crippen molar-refractivity contribution < 1.29 is 19.4 Å². The molecule has 0 atom stereocenters. The second-order valence-corrected chi connectivity index (χ2v) is 7.11. The van der Waals surface area contributed by atoms with Gasteiger partial charge in [-0.25, -0.2) is 0 Å². The Labute approximate surface area is 150 Å². The summed E-state index contributed by atoms with van der Waals surface area (Å²) in [6.07, 6.45) is 2.24. The van der Waals surface area contributed by atoms with Crippen molar-refractivity contribution in [2.45, 2.75) is 26.7 Å². The van der Waals surface area contributed by atoms with Gasteiger partial charge in [-0.1, -0.05) is 30.0 Å². The van der Waals surface area contributed by atoms with Crippen LogP contribution in [0, 0.1) is 13.8 Å². The summed E-state index contributed by atoms with van der Waals surface area (Å²) in [6.45, 7) is 4.29. The molecular weight excluding hydrogens is 346 g/mol. The zero-order valence-corrected chi connectivity index (χ0v) is 15.4. The summed E-state index contributed by atoms with van der Waals surface area (Å²) in [6, 6.07) is 3.79. The number of carboxylic acid groups (broad SMARTS) is 1. The van der Waals surface area contributed by atoms with Gasteiger partial charge >= 0.3 is 5.97 Å². The summed E-state index contributed by atoms with van der Waals surface area (Å²) < 4.78 is 5.77. The lowest BCUT2D eigenvalue weighted by Gasteiger charge is -2.13. The van der Waals surface area contributed by atoms with Crippen molar-refractivity contribution in [1.82, 2.24) is 4.90 Å². The summed E-state index contributed by atoms with van der Waals surface area (Å²) >= 11 is 6.50. The monoisotopic (exact) mass is 365 g/mol. The maximum Gasteiger partial charge on any atom is 0.303 e. The van der Waals surface area contributed by atoms with Crippen molar-refractivity contribution in [3.63, 3.8) is 0 Å². The molecule has 0 aromatic heterocycles. The van der Waals surface area contributed by atoms with Gasteiger partial charge in [-0.3, -0.25) is 14.5 Å². The molecule has 0 bridgehead atoms. The summed E-state index contributed by atoms with van der Waals surface area (Å²) in [5.41, 5.74) is 3.02. The van der Waals surface area contributed by atoms with E-state index in [1.807, 2.05) is 32.1 Å². The van der Waals surface area contributed by atoms with Crippen LogP contribution in [0.4, 0.5) is 0 Å². The fraction of sp³-hybridized carbons (Fsp3) is 0.353. The van der Waals surface area contributed by atoms with Crippen molar-refractivity contribution >= 4 is 46.3 Å². The minimum Gasteiger partial charge on any atom is -0.496 e. The number of benzene rings is 1. The van der Waals surface area contributed by atoms with Gasteiger partial charge in [-0.2, -0.15) is 0 Å². The molecule has 1 aromatic carbocycles. The van der Waals surface area contributed by atoms with Gasteiger partial charge in [0, 0.05) is 13.0 Å². The highest BCUT2D eigenvalue weighted by atomic mass is 32.2. The number of rotatable bonds is 6. The van der Waals surface area contributed by atoms with Gasteiger partial charge < -0.3 is 9.84 Å². The molecule has 24 heavy (non-hydrogen) atoms. The molecule has 1 aromatic rings. The molecule has 1 N–H and O–H groups in total. The number of amides is 1. The van der Waals surface area contributed by atoms with Gasteiger partial charge in [0.05, 0.1) is 12.0 Å². The third-order valence-electron chi connectivity index (χ3n) is 3.93. The van der Waals surface area contributed by atoms with E-state index < -0.39 is 5.97 Å². The van der Waals surface area contributed by atoms with E-state index in [2.05, 4.69) is 0 Å². The molecule has 2 rings (SSSR count). The first-order valence-electron chi connectivity index (χ1n) is 7.46. The van der Waals surface area contributed by atoms with E-state index in [1.54, 1.807) is 7.11 Å². The zero-order valence-electron chi connectivity index (χ0n) is 13.8. The number of aliphatic carboxylic acids is 1. The van der Waals surface area contributed by atoms with Crippen molar-refractivity contribution in [2.75, 3.05) is 13.7 Å². The highest BCUT2D eigenvalue weighted by Gasteiger charge is 2.31. The lowest BCUT2D eigenvalue weighted by molar-refractivity contribution is -0.137. The van der Waals surface area contributed by atoms with E-state index in [-0.39, 0.29) is 12.3 Å². The Bertz CT molecular complexity index is 728. The lowest BCUT2D eigenvalue weighted by Crippen LogP contribution is -2.29. The van der Waals surface area contributed by atoms with Gasteiger partial charge in [-0.05, 0) is 49.1 Å². The number of carboxylic acids is 1. The van der Waals surface area contributed by atoms with Crippen LogP contribution in [-0.2, 0) is 9.59 Å². The Balaban J connectivity index is 2.20. The van der Waals surface area contributed by atoms with Crippen LogP contribution >= 0.6 is 24.0 Å². The molecule has 1 aliphatic heterocycles. The normalized spacial score (nSPS) is 16.1. The summed E-state index contributed by atoms with van der Waals surface area (Å²) in [5, 5.41) is 8.70. The van der Waals surface area contributed by atoms with Crippen LogP contribution in [0.1, 0.15) is 29.5 Å². The first-order chi connectivity index (χ1) is 11.3. The average molecular weight is 365 g/mol. The highest BCUT2D eigenvalue weighted by Crippen LogP contribution is 2.34. The van der Waals surface area contributed by atoms with Crippen molar-refractivity contribution in [3.05, 3.63) is 33.7 Å². The fourth-order valence-electron chi connectivity index (χ4n) is 2.42. The van der Waals surface area contributed by atoms with Crippen molar-refractivity contribution in [1.29, 1.82) is 0 Å². The predicted octanol–water partition coefficient (Wildman–Crippen LogP) is 3.38. The average Bonchev–Trinajstić information content (AvgIpc) is 2.79. The van der Waals surface area contributed by atoms with Crippen molar-refractivity contribution in [3.8, 4) is 5.75 Å². The topological polar surface area (TPSA) is 66.8 Å². The Morgan fingerprint density at radius 1 is 1.38 bits per heavy atom. The minimum absolute atomic E-state index is 0.0207. The highest BCUT2D eigenvalue weighted by molar-refractivity contribution is 8.26. The van der Waals surface area contributed by atoms with E-state index in [1.165, 1.54) is 16.7 Å². The Kier molecular flexibility index (Phi) is 6.01. The molecule has 0 radical (unpaired) electrons. The van der Waals surface area contributed by atoms with Crippen LogP contribution in [0.5, 0.6) is 5.75 Å². The molecular formula is C17H19NO4S2. The van der Waals surface area contributed by atoms with Crippen LogP contribution in [0.3, 0.4) is 0 Å². The molecule has 0 saturated carbocycles. The molecule has 128 valence electrons. The largest absolute Gasteiger partial charge is 0.496 e. The smallest absolute Gasteiger partial charge is 0.303 e. The van der Waals surface area contributed by atoms with E-state index in [4.69, 9.17) is 22.1 Å². The standard InChI is InChI=1S/C17H19NO4S2/c1-10-11(2)13(22-3)7-6-12(10)9-14-16(21)18(17(23)24-14)8-4-5-15(19)20/h6-7,9H,4-5,8H2,1-3H3,(H,19,20)/b14-9-. The van der Waals surface area contributed by atoms with Crippen LogP contribution < -0.4 is 4.74 Å². The van der Waals surface area contributed by atoms with Crippen molar-refractivity contribution in [2.24, 2.45) is 0 Å². The molecule has 0 unspecified atom stereocenters. The number of nitrogens with zero attached hydrogens (tertiary/aromatic N) is 1. The molecule has 0 aliphatic carbocycles. The molecule has 1 saturated heterocycles. The number of thioether (sulfide) groups is 1. The van der Waals surface area contributed by atoms with Crippen LogP contribution in [0.2, 0.25) is 0 Å². The second-order valence-electron chi connectivity index (χ2n) is 5.44. The fourth-order valence-corrected chi connectivity index (χ4v) is 3.72. The number of methoxy groups -OCH3 is 1. The van der Waals surface area contributed by atoms with Crippen LogP contribution in [-0.4, -0.2) is 39.9 Å². The SMILES string of the molecule is COc1ccc(/C=C2\SC(=S)N(CCCC(=O)O)C2=O)c(C)c1C. The Morgan fingerprint density at radius 2 is 2.08 bits per heavy atom. The number of hydrogen-bond donors (Lipinski definition) is 1. The third kappa shape index (κ3) is 3.96. The van der Waals surface area contributed by atoms with E-state index in [9.17, 15) is 9.59 Å². The van der Waals surface area contributed by atoms with Gasteiger partial charge in [-0.15, -0.1) is 0 Å². The molecule has 5 nitrogen and oxygen atoms in total. The van der Waals surface area contributed by atoms with Crippen LogP contribution in [0.25, 0.3) is 6.08 Å². The maximum absolute atomic E-state index is 12.5. The predicted molar refractivity (Wildman–Crippen MR) is 99.2 cm³/mol. The first kappa shape index (κ1) is 18.5. The first-order valence-corrected chi connectivity index (χ1v) is 8.69. The molecule has 1 heterocycles. The lowest BCUT2D eigenvalue weighted by atomic mass is 10.0. The number of thiocarbonyl (C=S) groups is 1. The van der Waals surface area contributed by atoms with Crippen LogP contribution in [0.15, 0.2) is 17.0 Å². The Hall–Kier alpha value is -1.86. The Morgan fingerprint density at radius 3 is 2.71 bits per heavy atom. The third-order valence-corrected chi connectivity index (χ3v) is 5.31. The zero-order chi connectivity index (χ0) is 17.9. The number of carbonyl (C=O) groups is 2. The van der Waals surface area contributed by atoms with Gasteiger partial charge in [0.25, 0.3) is 5.91 Å². The number of ether oxygens (including phenoxy) is 1. The van der Waals surface area contributed by atoms with E-state index in [0.717, 1.165) is 22.4 Å². The second kappa shape index (κ2) is 7.81. The number of hydrogen-bond acceptors (Lipinski definition) is 5. The summed E-state index contributed by atoms with van der Waals surface area (Å²) in [4.78, 5) is 25.1. The van der Waals surface area contributed by atoms with E-state index in [0.29, 0.717) is 22.2 Å². The van der Waals surface area contributed by atoms with Gasteiger partial charge in [0.2, 0.25) is 0 Å². The molecule has 1 amide bonds. The minimum atomic E-state index is -0.875. The summed E-state index contributed by atoms with van der Waals surface area (Å²) in [7, 11) is 1.63. The molecule has 0 spiro atoms. The maximum atomic E-state index is 12.5. The van der Waals surface area contributed by atoms with E-state index >= 15 is 0 Å². The quantitative estimate of drug-likeness (QED) is 0.616. The summed E-state index contributed by atoms with van der Waals surface area (Å²) in [5.74, 6) is -0.227. The molecule has 1 fully saturated rings. The molecule has 1 aliphatic rings.